The molecular weight excluding hydrogens is 329 g/mol. The minimum absolute atomic E-state index is 0.0382. The van der Waals surface area contributed by atoms with E-state index in [4.69, 9.17) is 0 Å². The minimum atomic E-state index is -3.90. The molecule has 24 heavy (non-hydrogen) atoms. The lowest BCUT2D eigenvalue weighted by Gasteiger charge is -2.20. The number of benzene rings is 2. The lowest BCUT2D eigenvalue weighted by molar-refractivity contribution is -0.113. The Balaban J connectivity index is 2.43. The molecule has 2 aromatic carbocycles. The molecule has 0 amide bonds. The third kappa shape index (κ3) is 4.15. The number of ketones is 1. The highest BCUT2D eigenvalue weighted by Crippen LogP contribution is 2.25. The van der Waals surface area contributed by atoms with Gasteiger partial charge < -0.3 is 0 Å². The maximum Gasteiger partial charge on any atom is 0.241 e. The number of hydrogen-bond acceptors (Lipinski definition) is 3. The topological polar surface area (TPSA) is 63.2 Å². The van der Waals surface area contributed by atoms with Crippen LogP contribution in [0.4, 0.5) is 4.39 Å². The van der Waals surface area contributed by atoms with Crippen molar-refractivity contribution in [2.45, 2.75) is 24.8 Å². The molecule has 0 aliphatic rings. The van der Waals surface area contributed by atoms with Crippen LogP contribution in [0.1, 0.15) is 24.1 Å². The lowest BCUT2D eigenvalue weighted by atomic mass is 9.98. The molecule has 1 N–H and O–H groups in total. The Labute approximate surface area is 141 Å². The Bertz CT molecular complexity index is 873. The van der Waals surface area contributed by atoms with E-state index in [1.807, 2.05) is 6.92 Å². The molecule has 0 aliphatic carbocycles. The van der Waals surface area contributed by atoms with Gasteiger partial charge in [-0.25, -0.2) is 12.8 Å². The summed E-state index contributed by atoms with van der Waals surface area (Å²) in [6.07, 6.45) is 0. The molecule has 2 aromatic rings. The first-order valence-electron chi connectivity index (χ1n) is 7.25. The van der Waals surface area contributed by atoms with E-state index in [2.05, 4.69) is 11.3 Å². The van der Waals surface area contributed by atoms with Gasteiger partial charge in [-0.3, -0.25) is 4.79 Å². The Morgan fingerprint density at radius 2 is 1.79 bits per heavy atom. The molecule has 1 atom stereocenters. The molecule has 4 nitrogen and oxygen atoms in total. The number of rotatable bonds is 6. The molecule has 126 valence electrons. The maximum atomic E-state index is 13.5. The quantitative estimate of drug-likeness (QED) is 0.816. The van der Waals surface area contributed by atoms with Gasteiger partial charge in [-0.1, -0.05) is 36.4 Å². The zero-order valence-electron chi connectivity index (χ0n) is 13.4. The summed E-state index contributed by atoms with van der Waals surface area (Å²) in [5.74, 6) is -0.903. The molecular formula is C18H18FNO3S. The van der Waals surface area contributed by atoms with Crippen LogP contribution < -0.4 is 4.72 Å². The van der Waals surface area contributed by atoms with Gasteiger partial charge in [0.25, 0.3) is 0 Å². The number of nitrogens with one attached hydrogen (secondary N) is 1. The smallest absolute Gasteiger partial charge is 0.241 e. The van der Waals surface area contributed by atoms with E-state index < -0.39 is 21.9 Å². The Kier molecular flexibility index (Phi) is 5.31. The summed E-state index contributed by atoms with van der Waals surface area (Å²) in [5.41, 5.74) is 1.27. The summed E-state index contributed by atoms with van der Waals surface area (Å²) in [7, 11) is -3.90. The largest absolute Gasteiger partial charge is 0.295 e. The van der Waals surface area contributed by atoms with Crippen molar-refractivity contribution in [3.05, 3.63) is 77.6 Å². The minimum Gasteiger partial charge on any atom is -0.295 e. The fourth-order valence-electron chi connectivity index (χ4n) is 2.17. The lowest BCUT2D eigenvalue weighted by Crippen LogP contribution is -2.31. The van der Waals surface area contributed by atoms with Crippen LogP contribution >= 0.6 is 0 Å². The molecule has 0 saturated carbocycles. The molecule has 0 saturated heterocycles. The van der Waals surface area contributed by atoms with Gasteiger partial charge in [0.2, 0.25) is 10.0 Å². The average molecular weight is 347 g/mol. The first-order chi connectivity index (χ1) is 11.2. The van der Waals surface area contributed by atoms with Gasteiger partial charge in [-0.05, 0) is 43.7 Å². The highest BCUT2D eigenvalue weighted by Gasteiger charge is 2.25. The Hall–Kier alpha value is -2.31. The Morgan fingerprint density at radius 3 is 2.33 bits per heavy atom. The van der Waals surface area contributed by atoms with Crippen molar-refractivity contribution in [3.63, 3.8) is 0 Å². The first-order valence-corrected chi connectivity index (χ1v) is 8.73. The first kappa shape index (κ1) is 18.0. The van der Waals surface area contributed by atoms with Crippen LogP contribution in [0.2, 0.25) is 0 Å². The summed E-state index contributed by atoms with van der Waals surface area (Å²) < 4.78 is 41.1. The highest BCUT2D eigenvalue weighted by molar-refractivity contribution is 7.89. The number of halogens is 1. The van der Waals surface area contributed by atoms with Crippen LogP contribution in [0.25, 0.3) is 0 Å². The van der Waals surface area contributed by atoms with E-state index in [1.165, 1.54) is 37.3 Å². The van der Waals surface area contributed by atoms with Gasteiger partial charge in [0.15, 0.2) is 5.78 Å². The second kappa shape index (κ2) is 7.07. The highest BCUT2D eigenvalue weighted by atomic mass is 32.2. The van der Waals surface area contributed by atoms with Gasteiger partial charge in [0.1, 0.15) is 5.82 Å². The second-order valence-corrected chi connectivity index (χ2v) is 7.22. The Morgan fingerprint density at radius 1 is 1.17 bits per heavy atom. The van der Waals surface area contributed by atoms with E-state index >= 15 is 0 Å². The maximum absolute atomic E-state index is 13.5. The summed E-state index contributed by atoms with van der Waals surface area (Å²) in [4.78, 5) is 11.7. The molecule has 0 bridgehead atoms. The van der Waals surface area contributed by atoms with Crippen LogP contribution in [0, 0.1) is 12.7 Å². The van der Waals surface area contributed by atoms with E-state index in [0.717, 1.165) is 5.56 Å². The summed E-state index contributed by atoms with van der Waals surface area (Å²) in [6.45, 7) is 6.78. The predicted octanol–water partition coefficient (Wildman–Crippen LogP) is 3.30. The zero-order chi connectivity index (χ0) is 17.9. The normalized spacial score (nSPS) is 12.6. The van der Waals surface area contributed by atoms with Crippen LogP contribution in [0.3, 0.4) is 0 Å². The molecule has 1 unspecified atom stereocenters. The summed E-state index contributed by atoms with van der Waals surface area (Å²) in [6, 6.07) is 10.7. The van der Waals surface area contributed by atoms with Crippen molar-refractivity contribution < 1.29 is 17.6 Å². The van der Waals surface area contributed by atoms with Crippen LogP contribution in [0.15, 0.2) is 65.6 Å². The van der Waals surface area contributed by atoms with Gasteiger partial charge in [-0.15, -0.1) is 0 Å². The van der Waals surface area contributed by atoms with Gasteiger partial charge in [0.05, 0.1) is 10.9 Å². The number of hydrogen-bond donors (Lipinski definition) is 1. The molecule has 0 aliphatic heterocycles. The van der Waals surface area contributed by atoms with E-state index in [0.29, 0.717) is 5.56 Å². The number of Topliss-reactive ketones (excluding diaryl/α,β-unsaturated/α-hetero) is 1. The molecule has 0 radical (unpaired) electrons. The van der Waals surface area contributed by atoms with Crippen molar-refractivity contribution in [1.82, 2.24) is 4.72 Å². The number of aryl methyl sites for hydroxylation is 1. The molecule has 0 spiro atoms. The van der Waals surface area contributed by atoms with Crippen molar-refractivity contribution in [1.29, 1.82) is 0 Å². The van der Waals surface area contributed by atoms with E-state index in [-0.39, 0.29) is 16.3 Å². The fourth-order valence-corrected chi connectivity index (χ4v) is 3.39. The molecule has 0 fully saturated rings. The second-order valence-electron chi connectivity index (χ2n) is 5.50. The standard InChI is InChI=1S/C18H18FNO3S/c1-12-7-9-17(10-8-12)24(22,23)20-18(13(2)14(3)21)15-5-4-6-16(19)11-15/h4-11,18,20H,2H2,1,3H3. The van der Waals surface area contributed by atoms with Crippen molar-refractivity contribution >= 4 is 15.8 Å². The van der Waals surface area contributed by atoms with Crippen molar-refractivity contribution in [2.75, 3.05) is 0 Å². The number of sulfonamides is 1. The summed E-state index contributed by atoms with van der Waals surface area (Å²) >= 11 is 0. The van der Waals surface area contributed by atoms with Crippen molar-refractivity contribution in [2.24, 2.45) is 0 Å². The van der Waals surface area contributed by atoms with Gasteiger partial charge in [-0.2, -0.15) is 4.72 Å². The van der Waals surface area contributed by atoms with Crippen molar-refractivity contribution in [3.8, 4) is 0 Å². The molecule has 2 rings (SSSR count). The SMILES string of the molecule is C=C(C(C)=O)C(NS(=O)(=O)c1ccc(C)cc1)c1cccc(F)c1. The van der Waals surface area contributed by atoms with E-state index in [9.17, 15) is 17.6 Å². The van der Waals surface area contributed by atoms with Crippen LogP contribution in [0.5, 0.6) is 0 Å². The number of carbonyl (C=O) groups is 1. The van der Waals surface area contributed by atoms with Crippen LogP contribution in [-0.4, -0.2) is 14.2 Å². The predicted molar refractivity (Wildman–Crippen MR) is 90.5 cm³/mol. The third-order valence-electron chi connectivity index (χ3n) is 3.59. The molecule has 0 aromatic heterocycles. The monoisotopic (exact) mass is 347 g/mol. The van der Waals surface area contributed by atoms with Crippen LogP contribution in [-0.2, 0) is 14.8 Å². The molecule has 0 heterocycles. The van der Waals surface area contributed by atoms with E-state index in [1.54, 1.807) is 18.2 Å². The zero-order valence-corrected chi connectivity index (χ0v) is 14.2. The third-order valence-corrected chi connectivity index (χ3v) is 5.03. The average Bonchev–Trinajstić information content (AvgIpc) is 2.52. The van der Waals surface area contributed by atoms with Gasteiger partial charge in [0, 0.05) is 5.57 Å². The summed E-state index contributed by atoms with van der Waals surface area (Å²) in [5, 5.41) is 0. The van der Waals surface area contributed by atoms with Gasteiger partial charge >= 0.3 is 0 Å². The fraction of sp³-hybridized carbons (Fsp3) is 0.167. The molecule has 6 heteroatoms. The number of carbonyl (C=O) groups excluding carboxylic acids is 1.